The molecule has 1 aromatic carbocycles. The molecule has 1 aromatic heterocycles. The van der Waals surface area contributed by atoms with E-state index in [4.69, 9.17) is 17.0 Å². The Labute approximate surface area is 174 Å². The molecule has 0 amide bonds. The maximum absolute atomic E-state index is 10.8. The number of nitro groups is 1. The fraction of sp³-hybridized carbons (Fsp3) is 0.421. The number of nitro benzene ring substituents is 1. The summed E-state index contributed by atoms with van der Waals surface area (Å²) >= 11 is 7.36. The van der Waals surface area contributed by atoms with Gasteiger partial charge in [-0.25, -0.2) is 0 Å². The number of ether oxygens (including phenoxy) is 1. The monoisotopic (exact) mass is 421 g/mol. The summed E-state index contributed by atoms with van der Waals surface area (Å²) in [6.07, 6.45) is 1.04. The summed E-state index contributed by atoms with van der Waals surface area (Å²) in [7, 11) is 0. The average molecular weight is 422 g/mol. The van der Waals surface area contributed by atoms with Crippen LogP contribution in [0.15, 0.2) is 41.8 Å². The maximum Gasteiger partial charge on any atom is 0.269 e. The molecule has 2 aromatic rings. The fourth-order valence-electron chi connectivity index (χ4n) is 3.14. The van der Waals surface area contributed by atoms with Gasteiger partial charge in [0.05, 0.1) is 31.2 Å². The molecular weight excluding hydrogens is 396 g/mol. The van der Waals surface area contributed by atoms with Crippen LogP contribution in [-0.4, -0.2) is 54.3 Å². The van der Waals surface area contributed by atoms with Gasteiger partial charge < -0.3 is 19.9 Å². The maximum atomic E-state index is 10.8. The number of thiocarbonyl (C=S) groups is 1. The molecule has 1 fully saturated rings. The Bertz CT molecular complexity index is 762. The Morgan fingerprint density at radius 3 is 2.68 bits per heavy atom. The van der Waals surface area contributed by atoms with Gasteiger partial charge in [0, 0.05) is 35.7 Å². The first-order valence-electron chi connectivity index (χ1n) is 9.36. The molecule has 9 heteroatoms. The number of nitrogens with zero attached hydrogens (tertiary/aromatic N) is 2. The zero-order chi connectivity index (χ0) is 19.8. The van der Waals surface area contributed by atoms with Crippen LogP contribution in [0.5, 0.6) is 0 Å². The van der Waals surface area contributed by atoms with Crippen LogP contribution in [0.1, 0.15) is 11.3 Å². The number of nitrogens with one attached hydrogen (secondary N) is 2. The molecule has 1 aliphatic heterocycles. The minimum absolute atomic E-state index is 0.0698. The van der Waals surface area contributed by atoms with E-state index in [0.29, 0.717) is 5.11 Å². The minimum Gasteiger partial charge on any atom is -0.370 e. The molecule has 150 valence electrons. The van der Waals surface area contributed by atoms with E-state index in [0.717, 1.165) is 58.0 Å². The Balaban J connectivity index is 1.58. The predicted octanol–water partition coefficient (Wildman–Crippen LogP) is 2.16. The number of quaternary nitrogens is 1. The average Bonchev–Trinajstić information content (AvgIpc) is 3.21. The van der Waals surface area contributed by atoms with Gasteiger partial charge in [0.25, 0.3) is 5.69 Å². The van der Waals surface area contributed by atoms with Crippen LogP contribution in [0, 0.1) is 10.1 Å². The van der Waals surface area contributed by atoms with Crippen molar-refractivity contribution >= 4 is 40.0 Å². The number of non-ortho nitro benzene ring substituents is 1. The molecule has 3 rings (SSSR count). The van der Waals surface area contributed by atoms with Crippen molar-refractivity contribution in [2.75, 3.05) is 44.7 Å². The molecule has 0 radical (unpaired) electrons. The largest absolute Gasteiger partial charge is 0.370 e. The lowest BCUT2D eigenvalue weighted by atomic mass is 10.3. The molecule has 0 unspecified atom stereocenters. The third-order valence-corrected chi connectivity index (χ3v) is 5.92. The molecule has 2 heterocycles. The summed E-state index contributed by atoms with van der Waals surface area (Å²) in [6.45, 7) is 6.54. The van der Waals surface area contributed by atoms with Crippen LogP contribution in [0.3, 0.4) is 0 Å². The normalized spacial score (nSPS) is 14.6. The molecule has 28 heavy (non-hydrogen) atoms. The number of thiophene rings is 1. The van der Waals surface area contributed by atoms with Gasteiger partial charge in [-0.3, -0.25) is 10.1 Å². The number of benzene rings is 1. The highest BCUT2D eigenvalue weighted by Gasteiger charge is 2.16. The van der Waals surface area contributed by atoms with Gasteiger partial charge in [0.1, 0.15) is 13.1 Å². The Kier molecular flexibility index (Phi) is 7.72. The van der Waals surface area contributed by atoms with Gasteiger partial charge in [0.2, 0.25) is 0 Å². The second kappa shape index (κ2) is 10.5. The molecule has 7 nitrogen and oxygen atoms in total. The first kappa shape index (κ1) is 20.7. The van der Waals surface area contributed by atoms with Crippen molar-refractivity contribution in [2.24, 2.45) is 0 Å². The molecule has 0 saturated carbocycles. The summed E-state index contributed by atoms with van der Waals surface area (Å²) in [5.41, 5.74) is 0.825. The van der Waals surface area contributed by atoms with Gasteiger partial charge in [-0.15, -0.1) is 11.3 Å². The van der Waals surface area contributed by atoms with E-state index in [1.54, 1.807) is 28.4 Å². The van der Waals surface area contributed by atoms with Crippen molar-refractivity contribution in [3.8, 4) is 0 Å². The van der Waals surface area contributed by atoms with Crippen LogP contribution >= 0.6 is 23.6 Å². The van der Waals surface area contributed by atoms with Crippen molar-refractivity contribution in [3.63, 3.8) is 0 Å². The van der Waals surface area contributed by atoms with E-state index < -0.39 is 4.92 Å². The van der Waals surface area contributed by atoms with Crippen molar-refractivity contribution < 1.29 is 14.6 Å². The summed E-state index contributed by atoms with van der Waals surface area (Å²) in [5, 5.41) is 16.7. The van der Waals surface area contributed by atoms with Crippen LogP contribution < -0.4 is 10.2 Å². The molecule has 0 spiro atoms. The highest BCUT2D eigenvalue weighted by Crippen LogP contribution is 2.17. The number of rotatable bonds is 8. The molecule has 1 saturated heterocycles. The van der Waals surface area contributed by atoms with Crippen LogP contribution in [0.25, 0.3) is 0 Å². The quantitative estimate of drug-likeness (QED) is 0.387. The topological polar surface area (TPSA) is 72.1 Å². The van der Waals surface area contributed by atoms with Crippen LogP contribution in [0.4, 0.5) is 11.4 Å². The summed E-state index contributed by atoms with van der Waals surface area (Å²) < 4.78 is 5.42. The number of hydrogen-bond donors (Lipinski definition) is 2. The summed E-state index contributed by atoms with van der Waals surface area (Å²) in [6, 6.07) is 10.5. The zero-order valence-corrected chi connectivity index (χ0v) is 17.3. The van der Waals surface area contributed by atoms with E-state index in [1.165, 1.54) is 17.0 Å². The van der Waals surface area contributed by atoms with Gasteiger partial charge in [-0.05, 0) is 35.8 Å². The minimum atomic E-state index is -0.404. The highest BCUT2D eigenvalue weighted by molar-refractivity contribution is 7.80. The molecule has 0 atom stereocenters. The molecule has 0 aliphatic carbocycles. The van der Waals surface area contributed by atoms with Crippen molar-refractivity contribution in [1.29, 1.82) is 0 Å². The molecule has 2 N–H and O–H groups in total. The Hall–Kier alpha value is -2.07. The second-order valence-electron chi connectivity index (χ2n) is 6.70. The fourth-order valence-corrected chi connectivity index (χ4v) is 4.14. The molecule has 1 aliphatic rings. The summed E-state index contributed by atoms with van der Waals surface area (Å²) in [4.78, 5) is 15.4. The van der Waals surface area contributed by atoms with Crippen LogP contribution in [-0.2, 0) is 11.3 Å². The highest BCUT2D eigenvalue weighted by atomic mass is 32.1. The number of morpholine rings is 1. The van der Waals surface area contributed by atoms with Crippen molar-refractivity contribution in [3.05, 3.63) is 56.8 Å². The van der Waals surface area contributed by atoms with Gasteiger partial charge in [-0.2, -0.15) is 0 Å². The van der Waals surface area contributed by atoms with Crippen LogP contribution in [0.2, 0.25) is 0 Å². The predicted molar refractivity (Wildman–Crippen MR) is 115 cm³/mol. The number of hydrogen-bond acceptors (Lipinski definition) is 5. The van der Waals surface area contributed by atoms with E-state index in [1.807, 2.05) is 6.07 Å². The second-order valence-corrected chi connectivity index (χ2v) is 8.12. The van der Waals surface area contributed by atoms with E-state index in [9.17, 15) is 10.1 Å². The van der Waals surface area contributed by atoms with Gasteiger partial charge in [-0.1, -0.05) is 6.07 Å². The first-order valence-corrected chi connectivity index (χ1v) is 10.6. The number of anilines is 1. The third-order valence-electron chi connectivity index (χ3n) is 4.70. The molecule has 0 bridgehead atoms. The smallest absolute Gasteiger partial charge is 0.269 e. The van der Waals surface area contributed by atoms with Crippen molar-refractivity contribution in [2.45, 2.75) is 13.0 Å². The first-order chi connectivity index (χ1) is 13.6. The lowest BCUT2D eigenvalue weighted by molar-refractivity contribution is -0.908. The third kappa shape index (κ3) is 6.23. The molecular formula is C19H25N4O3S2+. The van der Waals surface area contributed by atoms with Crippen molar-refractivity contribution in [1.82, 2.24) is 4.90 Å². The van der Waals surface area contributed by atoms with Gasteiger partial charge >= 0.3 is 0 Å². The van der Waals surface area contributed by atoms with E-state index in [2.05, 4.69) is 21.7 Å². The Morgan fingerprint density at radius 1 is 1.29 bits per heavy atom. The zero-order valence-electron chi connectivity index (χ0n) is 15.6. The lowest BCUT2D eigenvalue weighted by Gasteiger charge is -2.28. The lowest BCUT2D eigenvalue weighted by Crippen LogP contribution is -3.14. The van der Waals surface area contributed by atoms with E-state index in [-0.39, 0.29) is 5.69 Å². The van der Waals surface area contributed by atoms with E-state index >= 15 is 0 Å². The Morgan fingerprint density at radius 2 is 2.04 bits per heavy atom. The summed E-state index contributed by atoms with van der Waals surface area (Å²) in [5.74, 6) is 0. The van der Waals surface area contributed by atoms with Gasteiger partial charge in [0.15, 0.2) is 5.11 Å². The standard InChI is InChI=1S/C19H24N4O3S2/c24-23(25)17-6-4-16(5-7-17)20-19(27)22(15-18-3-1-14-28-18)9-2-8-21-10-12-26-13-11-21/h1,3-7,14H,2,8-13,15H2,(H,20,27)/p+1. The SMILES string of the molecule is O=[N+]([O-])c1ccc(NC(=S)N(CCC[NH+]2CCOCC2)Cc2cccs2)cc1.